The molecule has 1 aliphatic rings. The van der Waals surface area contributed by atoms with Crippen molar-refractivity contribution in [2.24, 2.45) is 0 Å². The van der Waals surface area contributed by atoms with Crippen LogP contribution >= 0.6 is 0 Å². The van der Waals surface area contributed by atoms with Crippen molar-refractivity contribution < 1.29 is 26.3 Å². The topological polar surface area (TPSA) is 73.2 Å². The van der Waals surface area contributed by atoms with Gasteiger partial charge in [0.2, 0.25) is 10.0 Å². The zero-order valence-corrected chi connectivity index (χ0v) is 12.9. The second-order valence-electron chi connectivity index (χ2n) is 5.39. The van der Waals surface area contributed by atoms with Crippen molar-refractivity contribution in [3.05, 3.63) is 29.6 Å². The largest absolute Gasteiger partial charge is 0.416 e. The monoisotopic (exact) mass is 349 g/mol. The van der Waals surface area contributed by atoms with E-state index in [9.17, 15) is 21.6 Å². The standard InChI is InChI=1S/C13H14F3N3O3S/c1-23(20,21)17-5-9-6-22-7-12-18-10-4-8(13(14,15)16)2-3-11(10)19(9)12/h2-4,9,17H,5-7H2,1H3/t9-/m0/s1. The van der Waals surface area contributed by atoms with E-state index < -0.39 is 21.8 Å². The molecule has 2 heterocycles. The van der Waals surface area contributed by atoms with Gasteiger partial charge in [-0.2, -0.15) is 13.2 Å². The number of imidazole rings is 1. The molecule has 0 aliphatic carbocycles. The Kier molecular flexibility index (Phi) is 3.85. The van der Waals surface area contributed by atoms with Gasteiger partial charge in [0.05, 0.1) is 35.5 Å². The molecule has 0 saturated carbocycles. The predicted molar refractivity (Wildman–Crippen MR) is 76.3 cm³/mol. The summed E-state index contributed by atoms with van der Waals surface area (Å²) in [6.07, 6.45) is -3.40. The van der Waals surface area contributed by atoms with Gasteiger partial charge in [-0.1, -0.05) is 0 Å². The number of hydrogen-bond acceptors (Lipinski definition) is 4. The van der Waals surface area contributed by atoms with E-state index in [-0.39, 0.29) is 31.3 Å². The summed E-state index contributed by atoms with van der Waals surface area (Å²) in [6.45, 7) is 0.506. The summed E-state index contributed by atoms with van der Waals surface area (Å²) in [6, 6.07) is 2.97. The van der Waals surface area contributed by atoms with Crippen LogP contribution in [0.15, 0.2) is 18.2 Å². The van der Waals surface area contributed by atoms with Gasteiger partial charge >= 0.3 is 6.18 Å². The number of halogens is 3. The first-order valence-electron chi connectivity index (χ1n) is 6.75. The Balaban J connectivity index is 2.01. The molecule has 1 aromatic carbocycles. The number of nitrogens with one attached hydrogen (secondary N) is 1. The Morgan fingerprint density at radius 3 is 2.83 bits per heavy atom. The molecule has 0 unspecified atom stereocenters. The molecule has 1 N–H and O–H groups in total. The first-order chi connectivity index (χ1) is 10.6. The highest BCUT2D eigenvalue weighted by molar-refractivity contribution is 7.88. The van der Waals surface area contributed by atoms with Crippen LogP contribution in [-0.4, -0.2) is 37.4 Å². The first-order valence-corrected chi connectivity index (χ1v) is 8.65. The third-order valence-electron chi connectivity index (χ3n) is 3.58. The summed E-state index contributed by atoms with van der Waals surface area (Å²) in [4.78, 5) is 4.18. The van der Waals surface area contributed by atoms with E-state index in [1.54, 1.807) is 4.57 Å². The second kappa shape index (κ2) is 5.46. The maximum atomic E-state index is 12.8. The average Bonchev–Trinajstić information content (AvgIpc) is 2.81. The number of rotatable bonds is 3. The molecule has 23 heavy (non-hydrogen) atoms. The summed E-state index contributed by atoms with van der Waals surface area (Å²) in [5, 5.41) is 0. The van der Waals surface area contributed by atoms with Crippen LogP contribution in [-0.2, 0) is 27.5 Å². The number of benzene rings is 1. The van der Waals surface area contributed by atoms with Gasteiger partial charge in [0.15, 0.2) is 0 Å². The molecule has 2 aromatic rings. The molecule has 0 spiro atoms. The molecule has 0 bridgehead atoms. The molecule has 0 saturated heterocycles. The first kappa shape index (κ1) is 16.2. The zero-order valence-electron chi connectivity index (χ0n) is 12.1. The zero-order chi connectivity index (χ0) is 16.8. The number of aromatic nitrogens is 2. The molecule has 3 rings (SSSR count). The van der Waals surface area contributed by atoms with Crippen molar-refractivity contribution in [2.45, 2.75) is 18.8 Å². The SMILES string of the molecule is CS(=O)(=O)NC[C@H]1COCc2nc3cc(C(F)(F)F)ccc3n21. The fraction of sp³-hybridized carbons (Fsp3) is 0.462. The van der Waals surface area contributed by atoms with Crippen LogP contribution in [0.4, 0.5) is 13.2 Å². The quantitative estimate of drug-likeness (QED) is 0.915. The van der Waals surface area contributed by atoms with Crippen molar-refractivity contribution in [1.82, 2.24) is 14.3 Å². The maximum Gasteiger partial charge on any atom is 0.416 e. The number of hydrogen-bond donors (Lipinski definition) is 1. The molecular weight excluding hydrogens is 335 g/mol. The molecule has 1 aliphatic heterocycles. The minimum Gasteiger partial charge on any atom is -0.371 e. The maximum absolute atomic E-state index is 12.8. The van der Waals surface area contributed by atoms with Crippen molar-refractivity contribution in [3.8, 4) is 0 Å². The van der Waals surface area contributed by atoms with Crippen LogP contribution in [0.25, 0.3) is 11.0 Å². The van der Waals surface area contributed by atoms with Gasteiger partial charge < -0.3 is 9.30 Å². The Hall–Kier alpha value is -1.65. The molecule has 1 atom stereocenters. The number of fused-ring (bicyclic) bond motifs is 3. The van der Waals surface area contributed by atoms with Crippen LogP contribution in [0.3, 0.4) is 0 Å². The van der Waals surface area contributed by atoms with E-state index in [4.69, 9.17) is 4.74 Å². The van der Waals surface area contributed by atoms with Gasteiger partial charge in [-0.3, -0.25) is 0 Å². The molecular formula is C13H14F3N3O3S. The lowest BCUT2D eigenvalue weighted by atomic mass is 10.2. The van der Waals surface area contributed by atoms with E-state index in [0.29, 0.717) is 11.3 Å². The number of sulfonamides is 1. The third kappa shape index (κ3) is 3.33. The normalized spacial score (nSPS) is 19.0. The van der Waals surface area contributed by atoms with Crippen LogP contribution < -0.4 is 4.72 Å². The number of alkyl halides is 3. The Labute approximate surface area is 130 Å². The highest BCUT2D eigenvalue weighted by Gasteiger charge is 2.32. The van der Waals surface area contributed by atoms with Gasteiger partial charge in [0.1, 0.15) is 12.4 Å². The Morgan fingerprint density at radius 2 is 2.17 bits per heavy atom. The number of ether oxygens (including phenoxy) is 1. The number of nitrogens with zero attached hydrogens (tertiary/aromatic N) is 2. The summed E-state index contributed by atoms with van der Waals surface area (Å²) in [7, 11) is -3.38. The summed E-state index contributed by atoms with van der Waals surface area (Å²) in [5.41, 5.74) is -0.0338. The van der Waals surface area contributed by atoms with Crippen molar-refractivity contribution in [3.63, 3.8) is 0 Å². The van der Waals surface area contributed by atoms with Crippen LogP contribution in [0.1, 0.15) is 17.4 Å². The molecule has 126 valence electrons. The Bertz CT molecular complexity index is 845. The van der Waals surface area contributed by atoms with Crippen LogP contribution in [0.2, 0.25) is 0 Å². The molecule has 0 radical (unpaired) electrons. The van der Waals surface area contributed by atoms with Gasteiger partial charge in [0, 0.05) is 6.54 Å². The van der Waals surface area contributed by atoms with E-state index in [1.807, 2.05) is 0 Å². The summed E-state index contributed by atoms with van der Waals surface area (Å²) >= 11 is 0. The summed E-state index contributed by atoms with van der Waals surface area (Å²) < 4.78 is 70.3. The molecule has 0 amide bonds. The molecule has 10 heteroatoms. The van der Waals surface area contributed by atoms with Gasteiger partial charge in [-0.05, 0) is 18.2 Å². The highest BCUT2D eigenvalue weighted by atomic mass is 32.2. The van der Waals surface area contributed by atoms with Gasteiger partial charge in [-0.25, -0.2) is 18.1 Å². The lowest BCUT2D eigenvalue weighted by molar-refractivity contribution is -0.137. The van der Waals surface area contributed by atoms with E-state index in [2.05, 4.69) is 9.71 Å². The molecule has 6 nitrogen and oxygen atoms in total. The lowest BCUT2D eigenvalue weighted by Crippen LogP contribution is -2.35. The van der Waals surface area contributed by atoms with Crippen molar-refractivity contribution >= 4 is 21.1 Å². The van der Waals surface area contributed by atoms with Gasteiger partial charge in [-0.15, -0.1) is 0 Å². The lowest BCUT2D eigenvalue weighted by Gasteiger charge is -2.26. The van der Waals surface area contributed by atoms with Crippen molar-refractivity contribution in [2.75, 3.05) is 19.4 Å². The molecule has 1 aromatic heterocycles. The third-order valence-corrected chi connectivity index (χ3v) is 4.27. The second-order valence-corrected chi connectivity index (χ2v) is 7.22. The fourth-order valence-electron chi connectivity index (χ4n) is 2.59. The van der Waals surface area contributed by atoms with Crippen LogP contribution in [0, 0.1) is 0 Å². The minimum absolute atomic E-state index is 0.0817. The highest BCUT2D eigenvalue weighted by Crippen LogP contribution is 2.33. The van der Waals surface area contributed by atoms with Crippen LogP contribution in [0.5, 0.6) is 0 Å². The molecule has 0 fully saturated rings. The Morgan fingerprint density at radius 1 is 1.43 bits per heavy atom. The van der Waals surface area contributed by atoms with E-state index in [1.165, 1.54) is 6.07 Å². The minimum atomic E-state index is -4.44. The van der Waals surface area contributed by atoms with E-state index >= 15 is 0 Å². The van der Waals surface area contributed by atoms with E-state index in [0.717, 1.165) is 18.4 Å². The van der Waals surface area contributed by atoms with Gasteiger partial charge in [0.25, 0.3) is 0 Å². The fourth-order valence-corrected chi connectivity index (χ4v) is 3.09. The average molecular weight is 349 g/mol. The van der Waals surface area contributed by atoms with Crippen molar-refractivity contribution in [1.29, 1.82) is 0 Å². The summed E-state index contributed by atoms with van der Waals surface area (Å²) in [5.74, 6) is 0.478. The predicted octanol–water partition coefficient (Wildman–Crippen LogP) is 1.68. The smallest absolute Gasteiger partial charge is 0.371 e.